The molecule has 2 nitrogen and oxygen atoms in total. The Morgan fingerprint density at radius 2 is 1.67 bits per heavy atom. The Labute approximate surface area is 129 Å². The second kappa shape index (κ2) is 11.4. The average molecular weight is 290 g/mol. The van der Waals surface area contributed by atoms with Gasteiger partial charge in [0, 0.05) is 6.42 Å². The second-order valence-electron chi connectivity index (χ2n) is 5.74. The molecule has 0 N–H and O–H groups in total. The van der Waals surface area contributed by atoms with Crippen LogP contribution in [-0.4, -0.2) is 5.97 Å². The van der Waals surface area contributed by atoms with Gasteiger partial charge in [-0.2, -0.15) is 0 Å². The molecule has 21 heavy (non-hydrogen) atoms. The van der Waals surface area contributed by atoms with E-state index in [9.17, 15) is 4.79 Å². The van der Waals surface area contributed by atoms with Gasteiger partial charge in [0.2, 0.25) is 0 Å². The fraction of sp³-hybridized carbons (Fsp3) is 0.632. The lowest BCUT2D eigenvalue weighted by molar-refractivity contribution is -0.134. The van der Waals surface area contributed by atoms with Gasteiger partial charge in [0.25, 0.3) is 0 Å². The summed E-state index contributed by atoms with van der Waals surface area (Å²) >= 11 is 0. The summed E-state index contributed by atoms with van der Waals surface area (Å²) in [5.41, 5.74) is 1.26. The van der Waals surface area contributed by atoms with Crippen molar-refractivity contribution in [3.05, 3.63) is 29.8 Å². The molecule has 0 spiro atoms. The molecule has 0 fully saturated rings. The summed E-state index contributed by atoms with van der Waals surface area (Å²) in [5.74, 6) is 0.597. The van der Waals surface area contributed by atoms with Crippen LogP contribution >= 0.6 is 0 Å². The summed E-state index contributed by atoms with van der Waals surface area (Å²) in [6.45, 7) is 4.40. The fourth-order valence-electron chi connectivity index (χ4n) is 2.40. The van der Waals surface area contributed by atoms with Gasteiger partial charge >= 0.3 is 5.97 Å². The predicted octanol–water partition coefficient (Wildman–Crippen LogP) is 5.69. The molecule has 0 heterocycles. The number of hydrogen-bond acceptors (Lipinski definition) is 2. The SMILES string of the molecule is CCCCCCCC(=O)Oc1cccc(CCCCC)c1. The van der Waals surface area contributed by atoms with E-state index >= 15 is 0 Å². The van der Waals surface area contributed by atoms with Crippen LogP contribution in [0.2, 0.25) is 0 Å². The highest BCUT2D eigenvalue weighted by Crippen LogP contribution is 2.17. The van der Waals surface area contributed by atoms with Crippen molar-refractivity contribution in [3.63, 3.8) is 0 Å². The first-order valence-electron chi connectivity index (χ1n) is 8.56. The maximum absolute atomic E-state index is 11.8. The molecule has 1 aromatic carbocycles. The van der Waals surface area contributed by atoms with Crippen LogP contribution in [0.15, 0.2) is 24.3 Å². The van der Waals surface area contributed by atoms with Crippen molar-refractivity contribution in [2.75, 3.05) is 0 Å². The van der Waals surface area contributed by atoms with E-state index in [1.165, 1.54) is 44.1 Å². The molecule has 0 radical (unpaired) electrons. The van der Waals surface area contributed by atoms with Crippen LogP contribution in [0.4, 0.5) is 0 Å². The monoisotopic (exact) mass is 290 g/mol. The maximum Gasteiger partial charge on any atom is 0.311 e. The summed E-state index contributed by atoms with van der Waals surface area (Å²) < 4.78 is 5.43. The van der Waals surface area contributed by atoms with E-state index in [-0.39, 0.29) is 5.97 Å². The van der Waals surface area contributed by atoms with Gasteiger partial charge in [0.1, 0.15) is 5.75 Å². The molecular weight excluding hydrogens is 260 g/mol. The van der Waals surface area contributed by atoms with Gasteiger partial charge < -0.3 is 4.74 Å². The minimum absolute atomic E-state index is 0.0998. The van der Waals surface area contributed by atoms with Gasteiger partial charge in [-0.3, -0.25) is 4.79 Å². The first-order valence-corrected chi connectivity index (χ1v) is 8.56. The van der Waals surface area contributed by atoms with Crippen LogP contribution in [0.5, 0.6) is 5.75 Å². The third kappa shape index (κ3) is 8.54. The highest BCUT2D eigenvalue weighted by Gasteiger charge is 2.05. The fourth-order valence-corrected chi connectivity index (χ4v) is 2.40. The van der Waals surface area contributed by atoms with Gasteiger partial charge in [-0.25, -0.2) is 0 Å². The zero-order chi connectivity index (χ0) is 15.3. The van der Waals surface area contributed by atoms with Crippen molar-refractivity contribution < 1.29 is 9.53 Å². The van der Waals surface area contributed by atoms with Crippen molar-refractivity contribution in [3.8, 4) is 5.75 Å². The quantitative estimate of drug-likeness (QED) is 0.297. The number of rotatable bonds is 11. The van der Waals surface area contributed by atoms with Crippen molar-refractivity contribution in [2.45, 2.75) is 78.1 Å². The number of carbonyl (C=O) groups excluding carboxylic acids is 1. The number of esters is 1. The molecule has 0 saturated carbocycles. The number of ether oxygens (including phenoxy) is 1. The zero-order valence-corrected chi connectivity index (χ0v) is 13.7. The highest BCUT2D eigenvalue weighted by atomic mass is 16.5. The van der Waals surface area contributed by atoms with Crippen LogP contribution in [0.1, 0.15) is 77.2 Å². The van der Waals surface area contributed by atoms with Gasteiger partial charge in [-0.15, -0.1) is 0 Å². The summed E-state index contributed by atoms with van der Waals surface area (Å²) in [5, 5.41) is 0. The topological polar surface area (TPSA) is 26.3 Å². The number of aryl methyl sites for hydroxylation is 1. The molecule has 0 saturated heterocycles. The van der Waals surface area contributed by atoms with E-state index in [1.54, 1.807) is 0 Å². The first kappa shape index (κ1) is 17.7. The molecule has 1 rings (SSSR count). The third-order valence-corrected chi connectivity index (χ3v) is 3.68. The smallest absolute Gasteiger partial charge is 0.311 e. The van der Waals surface area contributed by atoms with E-state index in [1.807, 2.05) is 18.2 Å². The Morgan fingerprint density at radius 3 is 2.43 bits per heavy atom. The lowest BCUT2D eigenvalue weighted by atomic mass is 10.1. The third-order valence-electron chi connectivity index (χ3n) is 3.68. The van der Waals surface area contributed by atoms with E-state index in [0.717, 1.165) is 19.3 Å². The number of hydrogen-bond donors (Lipinski definition) is 0. The van der Waals surface area contributed by atoms with Crippen LogP contribution in [0, 0.1) is 0 Å². The van der Waals surface area contributed by atoms with Gasteiger partial charge in [0.05, 0.1) is 0 Å². The van der Waals surface area contributed by atoms with Crippen molar-refractivity contribution >= 4 is 5.97 Å². The van der Waals surface area contributed by atoms with Crippen LogP contribution in [0.3, 0.4) is 0 Å². The molecule has 0 aliphatic heterocycles. The standard InChI is InChI=1S/C19H30O2/c1-3-5-7-8-10-15-19(20)21-18-14-11-13-17(16-18)12-9-6-4-2/h11,13-14,16H,3-10,12,15H2,1-2H3. The Kier molecular flexibility index (Phi) is 9.60. The molecule has 0 aliphatic carbocycles. The zero-order valence-electron chi connectivity index (χ0n) is 13.7. The van der Waals surface area contributed by atoms with Crippen molar-refractivity contribution in [2.24, 2.45) is 0 Å². The molecular formula is C19H30O2. The molecule has 0 unspecified atom stereocenters. The van der Waals surface area contributed by atoms with E-state index in [4.69, 9.17) is 4.74 Å². The summed E-state index contributed by atoms with van der Waals surface area (Å²) in [7, 11) is 0. The Bertz CT molecular complexity index is 398. The van der Waals surface area contributed by atoms with Crippen molar-refractivity contribution in [1.29, 1.82) is 0 Å². The number of benzene rings is 1. The number of unbranched alkanes of at least 4 members (excludes halogenated alkanes) is 6. The summed E-state index contributed by atoms with van der Waals surface area (Å²) in [6.07, 6.45) is 11.1. The normalized spacial score (nSPS) is 10.6. The molecule has 118 valence electrons. The highest BCUT2D eigenvalue weighted by molar-refractivity contribution is 5.72. The number of carbonyl (C=O) groups is 1. The molecule has 1 aromatic rings. The minimum Gasteiger partial charge on any atom is -0.427 e. The summed E-state index contributed by atoms with van der Waals surface area (Å²) in [4.78, 5) is 11.8. The van der Waals surface area contributed by atoms with Gasteiger partial charge in [-0.05, 0) is 37.0 Å². The van der Waals surface area contributed by atoms with Gasteiger partial charge in [0.15, 0.2) is 0 Å². The maximum atomic E-state index is 11.8. The van der Waals surface area contributed by atoms with E-state index in [2.05, 4.69) is 19.9 Å². The minimum atomic E-state index is -0.0998. The summed E-state index contributed by atoms with van der Waals surface area (Å²) in [6, 6.07) is 7.96. The molecule has 0 aromatic heterocycles. The second-order valence-corrected chi connectivity index (χ2v) is 5.74. The lowest BCUT2D eigenvalue weighted by Crippen LogP contribution is -2.07. The molecule has 0 atom stereocenters. The van der Waals surface area contributed by atoms with E-state index < -0.39 is 0 Å². The molecule has 0 amide bonds. The van der Waals surface area contributed by atoms with Crippen LogP contribution in [0.25, 0.3) is 0 Å². The Morgan fingerprint density at radius 1 is 0.952 bits per heavy atom. The van der Waals surface area contributed by atoms with Crippen molar-refractivity contribution in [1.82, 2.24) is 0 Å². The molecule has 2 heteroatoms. The van der Waals surface area contributed by atoms with E-state index in [0.29, 0.717) is 12.2 Å². The Balaban J connectivity index is 2.29. The Hall–Kier alpha value is -1.31. The molecule has 0 bridgehead atoms. The first-order chi connectivity index (χ1) is 10.3. The predicted molar refractivity (Wildman–Crippen MR) is 88.7 cm³/mol. The van der Waals surface area contributed by atoms with Crippen LogP contribution in [-0.2, 0) is 11.2 Å². The van der Waals surface area contributed by atoms with Gasteiger partial charge in [-0.1, -0.05) is 64.5 Å². The lowest BCUT2D eigenvalue weighted by Gasteiger charge is -2.07. The largest absolute Gasteiger partial charge is 0.427 e. The average Bonchev–Trinajstić information content (AvgIpc) is 2.48. The molecule has 0 aliphatic rings. The van der Waals surface area contributed by atoms with Crippen LogP contribution < -0.4 is 4.74 Å².